The van der Waals surface area contributed by atoms with E-state index in [0.29, 0.717) is 0 Å². The Bertz CT molecular complexity index is 3050. The van der Waals surface area contributed by atoms with Crippen LogP contribution in [-0.4, -0.2) is 60.6 Å². The number of nitro benzene ring substituents is 2. The van der Waals surface area contributed by atoms with Crippen LogP contribution in [0.15, 0.2) is 143 Å². The number of non-ortho nitro benzene ring substituents is 2. The highest BCUT2D eigenvalue weighted by atomic mass is 32.2. The van der Waals surface area contributed by atoms with Crippen LogP contribution in [0.4, 0.5) is 34.1 Å². The first-order chi connectivity index (χ1) is 30.2. The van der Waals surface area contributed by atoms with E-state index in [9.17, 15) is 66.5 Å². The Morgan fingerprint density at radius 1 is 0.469 bits per heavy atom. The van der Waals surface area contributed by atoms with Crippen molar-refractivity contribution in [3.63, 3.8) is 0 Å². The van der Waals surface area contributed by atoms with Gasteiger partial charge in [-0.3, -0.25) is 39.3 Å². The average Bonchev–Trinajstić information content (AvgIpc) is 3.24. The number of carbonyl (C=O) groups is 4. The summed E-state index contributed by atoms with van der Waals surface area (Å²) in [6, 6.07) is 29.2. The van der Waals surface area contributed by atoms with Crippen LogP contribution in [0.25, 0.3) is 0 Å². The van der Waals surface area contributed by atoms with E-state index < -0.39 is 65.0 Å². The van der Waals surface area contributed by atoms with Gasteiger partial charge in [-0.1, -0.05) is 59.7 Å². The zero-order valence-corrected chi connectivity index (χ0v) is 34.8. The Morgan fingerprint density at radius 2 is 0.859 bits per heavy atom. The van der Waals surface area contributed by atoms with Gasteiger partial charge in [-0.15, -0.1) is 0 Å². The highest BCUT2D eigenvalue weighted by Crippen LogP contribution is 2.29. The molecule has 2 amide bonds. The molecule has 0 aromatic heterocycles. The molecule has 0 spiro atoms. The van der Waals surface area contributed by atoms with Crippen LogP contribution < -0.4 is 20.1 Å². The van der Waals surface area contributed by atoms with Gasteiger partial charge in [0.2, 0.25) is 0 Å². The van der Waals surface area contributed by atoms with Crippen LogP contribution in [0, 0.1) is 34.1 Å². The second-order valence-electron chi connectivity index (χ2n) is 13.4. The predicted octanol–water partition coefficient (Wildman–Crippen LogP) is 7.31. The number of carboxylic acids is 2. The number of nitrogens with zero attached hydrogens (tertiary/aromatic N) is 2. The number of carbonyl (C=O) groups excluding carboxylic acids is 2. The van der Waals surface area contributed by atoms with Gasteiger partial charge in [0.05, 0.1) is 64.6 Å². The highest BCUT2D eigenvalue weighted by Gasteiger charge is 2.25. The number of nitrogens with one attached hydrogen (secondary N) is 4. The zero-order chi connectivity index (χ0) is 46.9. The number of sulfonamides is 2. The molecule has 0 saturated carbocycles. The molecule has 0 bridgehead atoms. The second kappa shape index (κ2) is 19.5. The maximum atomic E-state index is 12.9. The summed E-state index contributed by atoms with van der Waals surface area (Å²) in [4.78, 5) is 69.2. The Kier molecular flexibility index (Phi) is 14.2. The van der Waals surface area contributed by atoms with Gasteiger partial charge in [0, 0.05) is 24.3 Å². The lowest BCUT2D eigenvalue weighted by Gasteiger charge is -2.14. The topological polar surface area (TPSA) is 311 Å². The number of aromatic carboxylic acids is 2. The summed E-state index contributed by atoms with van der Waals surface area (Å²) in [5, 5.41) is 45.7. The van der Waals surface area contributed by atoms with Crippen LogP contribution in [0.1, 0.15) is 52.6 Å². The molecule has 0 heterocycles. The van der Waals surface area contributed by atoms with Crippen molar-refractivity contribution in [1.29, 1.82) is 0 Å². The van der Waals surface area contributed by atoms with Crippen LogP contribution in [0.3, 0.4) is 0 Å². The molecule has 0 aliphatic rings. The van der Waals surface area contributed by atoms with Crippen molar-refractivity contribution in [2.24, 2.45) is 0 Å². The minimum atomic E-state index is -4.17. The van der Waals surface area contributed by atoms with Crippen LogP contribution in [0.5, 0.6) is 0 Å². The summed E-state index contributed by atoms with van der Waals surface area (Å²) in [5.74, 6) is -4.34. The summed E-state index contributed by atoms with van der Waals surface area (Å²) < 4.78 is 55.5. The van der Waals surface area contributed by atoms with Crippen molar-refractivity contribution in [1.82, 2.24) is 0 Å². The Labute approximate surface area is 363 Å². The van der Waals surface area contributed by atoms with Crippen molar-refractivity contribution >= 4 is 77.9 Å². The smallest absolute Gasteiger partial charge is 0.337 e. The number of hydrogen-bond acceptors (Lipinski definition) is 12. The number of nitro groups is 2. The first kappa shape index (κ1) is 46.6. The molecule has 6 rings (SSSR count). The van der Waals surface area contributed by atoms with Crippen molar-refractivity contribution in [3.8, 4) is 0 Å². The van der Waals surface area contributed by atoms with Crippen molar-refractivity contribution in [2.75, 3.05) is 20.1 Å². The number of benzene rings is 6. The maximum absolute atomic E-state index is 12.9. The van der Waals surface area contributed by atoms with Crippen LogP contribution in [-0.2, 0) is 20.0 Å². The third-order valence-electron chi connectivity index (χ3n) is 8.88. The first-order valence-corrected chi connectivity index (χ1v) is 21.2. The molecule has 20 nitrogen and oxygen atoms in total. The number of amides is 2. The van der Waals surface area contributed by atoms with Gasteiger partial charge < -0.3 is 20.8 Å². The molecule has 0 saturated heterocycles. The summed E-state index contributed by atoms with van der Waals surface area (Å²) in [5.41, 5.74) is -0.771. The number of anilines is 4. The van der Waals surface area contributed by atoms with E-state index in [4.69, 9.17) is 0 Å². The van der Waals surface area contributed by atoms with Crippen molar-refractivity contribution < 1.29 is 56.1 Å². The normalized spacial score (nSPS) is 10.9. The molecule has 6 N–H and O–H groups in total. The standard InChI is InChI=1S/2C21H17N3O7S/c1-13-6-9-15(10-7-13)32(30,31)23-19-12-14(24(28)29)8-11-16(19)20(25)22-18-5-3-2-4-17(18)21(26)27;1-13-6-9-15(10-7-13)32(30,31)23-19-11-8-14(24(28)29)12-17(19)20(25)22-18-5-3-2-4-16(18)21(26)27/h2*2-12,23H,1H3,(H,22,25)(H,26,27). The molecule has 64 heavy (non-hydrogen) atoms. The summed E-state index contributed by atoms with van der Waals surface area (Å²) >= 11 is 0. The predicted molar refractivity (Wildman–Crippen MR) is 233 cm³/mol. The molecular weight excluding hydrogens is 877 g/mol. The highest BCUT2D eigenvalue weighted by molar-refractivity contribution is 7.93. The lowest BCUT2D eigenvalue weighted by atomic mass is 10.1. The molecule has 22 heteroatoms. The van der Waals surface area contributed by atoms with Gasteiger partial charge in [0.25, 0.3) is 43.2 Å². The molecule has 0 aliphatic carbocycles. The number of para-hydroxylation sites is 2. The van der Waals surface area contributed by atoms with E-state index in [-0.39, 0.29) is 54.8 Å². The molecule has 328 valence electrons. The average molecular weight is 911 g/mol. The largest absolute Gasteiger partial charge is 0.478 e. The van der Waals surface area contributed by atoms with Crippen molar-refractivity contribution in [3.05, 3.63) is 187 Å². The Balaban J connectivity index is 0.000000241. The van der Waals surface area contributed by atoms with Gasteiger partial charge in [-0.05, 0) is 74.5 Å². The summed E-state index contributed by atoms with van der Waals surface area (Å²) in [6.07, 6.45) is 0. The van der Waals surface area contributed by atoms with Crippen molar-refractivity contribution in [2.45, 2.75) is 23.6 Å². The van der Waals surface area contributed by atoms with Gasteiger partial charge >= 0.3 is 11.9 Å². The number of carboxylic acid groups (broad SMARTS) is 2. The molecule has 6 aromatic carbocycles. The molecule has 0 atom stereocenters. The van der Waals surface area contributed by atoms with E-state index in [1.54, 1.807) is 38.1 Å². The third kappa shape index (κ3) is 11.4. The molecule has 0 radical (unpaired) electrons. The second-order valence-corrected chi connectivity index (χ2v) is 16.8. The Hall–Kier alpha value is -8.50. The fourth-order valence-electron chi connectivity index (χ4n) is 5.63. The third-order valence-corrected chi connectivity index (χ3v) is 11.6. The number of hydrogen-bond donors (Lipinski definition) is 6. The first-order valence-electron chi connectivity index (χ1n) is 18.2. The Morgan fingerprint density at radius 3 is 1.30 bits per heavy atom. The minimum Gasteiger partial charge on any atom is -0.478 e. The lowest BCUT2D eigenvalue weighted by Crippen LogP contribution is -2.20. The summed E-state index contributed by atoms with van der Waals surface area (Å²) in [7, 11) is -8.28. The monoisotopic (exact) mass is 910 g/mol. The van der Waals surface area contributed by atoms with E-state index in [0.717, 1.165) is 47.5 Å². The van der Waals surface area contributed by atoms with E-state index in [1.165, 1.54) is 72.8 Å². The summed E-state index contributed by atoms with van der Waals surface area (Å²) in [6.45, 7) is 3.57. The fraction of sp³-hybridized carbons (Fsp3) is 0.0476. The number of rotatable bonds is 14. The molecular formula is C42H34N6O14S2. The fourth-order valence-corrected chi connectivity index (χ4v) is 7.78. The minimum absolute atomic E-state index is 0.0179. The van der Waals surface area contributed by atoms with E-state index in [1.807, 2.05) is 0 Å². The molecule has 6 aromatic rings. The quantitative estimate of drug-likeness (QED) is 0.0461. The van der Waals surface area contributed by atoms with Crippen LogP contribution >= 0.6 is 0 Å². The van der Waals surface area contributed by atoms with E-state index in [2.05, 4.69) is 20.1 Å². The molecule has 0 fully saturated rings. The molecule has 0 aliphatic heterocycles. The van der Waals surface area contributed by atoms with Crippen LogP contribution in [0.2, 0.25) is 0 Å². The van der Waals surface area contributed by atoms with Gasteiger partial charge in [-0.25, -0.2) is 26.4 Å². The van der Waals surface area contributed by atoms with Gasteiger partial charge in [0.15, 0.2) is 0 Å². The maximum Gasteiger partial charge on any atom is 0.337 e. The number of aryl methyl sites for hydroxylation is 2. The zero-order valence-electron chi connectivity index (χ0n) is 33.2. The SMILES string of the molecule is Cc1ccc(S(=O)(=O)Nc2cc([N+](=O)[O-])ccc2C(=O)Nc2ccccc2C(=O)O)cc1.Cc1ccc(S(=O)(=O)Nc2ccc([N+](=O)[O-])cc2C(=O)Nc2ccccc2C(=O)O)cc1. The molecule has 0 unspecified atom stereocenters. The van der Waals surface area contributed by atoms with Gasteiger partial charge in [-0.2, -0.15) is 0 Å². The lowest BCUT2D eigenvalue weighted by molar-refractivity contribution is -0.385. The van der Waals surface area contributed by atoms with Gasteiger partial charge in [0.1, 0.15) is 0 Å². The van der Waals surface area contributed by atoms with E-state index >= 15 is 0 Å².